The highest BCUT2D eigenvalue weighted by atomic mass is 32.1. The van der Waals surface area contributed by atoms with Crippen LogP contribution < -0.4 is 0 Å². The van der Waals surface area contributed by atoms with Gasteiger partial charge in [0.05, 0.1) is 23.1 Å². The molecule has 0 N–H and O–H groups in total. The summed E-state index contributed by atoms with van der Waals surface area (Å²) in [4.78, 5) is 0. The first kappa shape index (κ1) is 5.11. The van der Waals surface area contributed by atoms with Crippen LogP contribution >= 0.6 is 11.7 Å². The third kappa shape index (κ3) is 0.772. The summed E-state index contributed by atoms with van der Waals surface area (Å²) in [6.45, 7) is 0. The molecule has 0 aromatic carbocycles. The Labute approximate surface area is 57.6 Å². The molecule has 2 nitrogen and oxygen atoms in total. The second-order valence-corrected chi connectivity index (χ2v) is 2.57. The van der Waals surface area contributed by atoms with Crippen molar-refractivity contribution in [3.63, 3.8) is 0 Å². The minimum atomic E-state index is 0.978. The van der Waals surface area contributed by atoms with E-state index in [4.69, 9.17) is 0 Å². The largest absolute Gasteiger partial charge is 0.177 e. The number of hydrogen-bond donors (Lipinski definition) is 0. The molecule has 0 fully saturated rings. The topological polar surface area (TPSA) is 25.8 Å². The molecule has 0 saturated heterocycles. The fraction of sp³-hybridized carbons (Fsp3) is 0.333. The molecule has 0 atom stereocenters. The lowest BCUT2D eigenvalue weighted by Gasteiger charge is -1.98. The van der Waals surface area contributed by atoms with Crippen molar-refractivity contribution in [1.29, 1.82) is 0 Å². The standard InChI is InChI=1S/C6H6N2S/c1-2-4-6-5(3-1)7-9-8-6/h1-2H,3-4H2. The lowest BCUT2D eigenvalue weighted by molar-refractivity contribution is 1.02. The van der Waals surface area contributed by atoms with E-state index in [0.29, 0.717) is 0 Å². The Bertz CT molecular complexity index is 216. The van der Waals surface area contributed by atoms with E-state index in [1.165, 1.54) is 23.1 Å². The van der Waals surface area contributed by atoms with Gasteiger partial charge in [-0.3, -0.25) is 0 Å². The highest BCUT2D eigenvalue weighted by Crippen LogP contribution is 2.12. The number of allylic oxidation sites excluding steroid dienone is 2. The summed E-state index contributed by atoms with van der Waals surface area (Å²) >= 11 is 1.32. The van der Waals surface area contributed by atoms with Crippen molar-refractivity contribution in [2.24, 2.45) is 0 Å². The monoisotopic (exact) mass is 138 g/mol. The molecule has 0 aliphatic heterocycles. The van der Waals surface area contributed by atoms with E-state index < -0.39 is 0 Å². The highest BCUT2D eigenvalue weighted by molar-refractivity contribution is 6.99. The maximum Gasteiger partial charge on any atom is 0.0815 e. The molecule has 0 saturated carbocycles. The summed E-state index contributed by atoms with van der Waals surface area (Å²) in [6.07, 6.45) is 6.24. The van der Waals surface area contributed by atoms with Gasteiger partial charge in [0.2, 0.25) is 0 Å². The Balaban J connectivity index is 2.46. The summed E-state index contributed by atoms with van der Waals surface area (Å²) < 4.78 is 8.27. The van der Waals surface area contributed by atoms with Crippen LogP contribution in [0.4, 0.5) is 0 Å². The quantitative estimate of drug-likeness (QED) is 0.503. The first-order valence-corrected chi connectivity index (χ1v) is 3.65. The first-order valence-electron chi connectivity index (χ1n) is 2.92. The molecular weight excluding hydrogens is 132 g/mol. The second-order valence-electron chi connectivity index (χ2n) is 2.04. The molecule has 0 spiro atoms. The van der Waals surface area contributed by atoms with Gasteiger partial charge in [0.1, 0.15) is 0 Å². The van der Waals surface area contributed by atoms with Crippen molar-refractivity contribution in [1.82, 2.24) is 8.75 Å². The van der Waals surface area contributed by atoms with Crippen LogP contribution in [-0.4, -0.2) is 8.75 Å². The third-order valence-electron chi connectivity index (χ3n) is 1.42. The molecule has 1 aromatic heterocycles. The van der Waals surface area contributed by atoms with Crippen molar-refractivity contribution in [2.45, 2.75) is 12.8 Å². The third-order valence-corrected chi connectivity index (χ3v) is 2.03. The summed E-state index contributed by atoms with van der Waals surface area (Å²) in [5.41, 5.74) is 2.34. The van der Waals surface area contributed by atoms with Crippen LogP contribution in [0.3, 0.4) is 0 Å². The number of nitrogens with zero attached hydrogens (tertiary/aromatic N) is 2. The second kappa shape index (κ2) is 1.92. The Kier molecular flexibility index (Phi) is 1.09. The summed E-state index contributed by atoms with van der Waals surface area (Å²) in [7, 11) is 0. The van der Waals surface area contributed by atoms with Gasteiger partial charge in [-0.15, -0.1) is 0 Å². The number of fused-ring (bicyclic) bond motifs is 1. The molecule has 0 unspecified atom stereocenters. The normalized spacial score (nSPS) is 15.6. The van der Waals surface area contributed by atoms with Crippen molar-refractivity contribution in [3.8, 4) is 0 Å². The van der Waals surface area contributed by atoms with E-state index >= 15 is 0 Å². The minimum Gasteiger partial charge on any atom is -0.177 e. The molecule has 2 rings (SSSR count). The average molecular weight is 138 g/mol. The van der Waals surface area contributed by atoms with Gasteiger partial charge in [-0.1, -0.05) is 12.2 Å². The Morgan fingerprint density at radius 1 is 1.11 bits per heavy atom. The van der Waals surface area contributed by atoms with Crippen LogP contribution in [0, 0.1) is 0 Å². The summed E-state index contributed by atoms with van der Waals surface area (Å²) in [6, 6.07) is 0. The average Bonchev–Trinajstić information content (AvgIpc) is 2.33. The molecule has 0 amide bonds. The van der Waals surface area contributed by atoms with E-state index in [-0.39, 0.29) is 0 Å². The fourth-order valence-corrected chi connectivity index (χ4v) is 1.52. The van der Waals surface area contributed by atoms with Crippen molar-refractivity contribution in [2.75, 3.05) is 0 Å². The molecule has 1 aliphatic carbocycles. The lowest BCUT2D eigenvalue weighted by Crippen LogP contribution is -1.94. The highest BCUT2D eigenvalue weighted by Gasteiger charge is 2.07. The predicted molar refractivity (Wildman–Crippen MR) is 36.5 cm³/mol. The molecule has 0 bridgehead atoms. The smallest absolute Gasteiger partial charge is 0.0815 e. The maximum atomic E-state index is 4.14. The van der Waals surface area contributed by atoms with Crippen LogP contribution in [0.25, 0.3) is 0 Å². The zero-order valence-electron chi connectivity index (χ0n) is 4.87. The Hall–Kier alpha value is -0.700. The molecule has 46 valence electrons. The van der Waals surface area contributed by atoms with Crippen LogP contribution in [0.1, 0.15) is 11.4 Å². The predicted octanol–water partition coefficient (Wildman–Crippen LogP) is 1.19. The molecule has 0 radical (unpaired) electrons. The van der Waals surface area contributed by atoms with E-state index in [1.807, 2.05) is 0 Å². The minimum absolute atomic E-state index is 0.978. The fourth-order valence-electron chi connectivity index (χ4n) is 0.924. The van der Waals surface area contributed by atoms with Crippen molar-refractivity contribution >= 4 is 11.7 Å². The molecular formula is C6H6N2S. The van der Waals surface area contributed by atoms with Gasteiger partial charge in [-0.05, 0) is 0 Å². The van der Waals surface area contributed by atoms with Gasteiger partial charge in [0, 0.05) is 12.8 Å². The van der Waals surface area contributed by atoms with Gasteiger partial charge in [0.15, 0.2) is 0 Å². The van der Waals surface area contributed by atoms with E-state index in [1.54, 1.807) is 0 Å². The first-order chi connectivity index (χ1) is 4.47. The Morgan fingerprint density at radius 2 is 1.67 bits per heavy atom. The maximum absolute atomic E-state index is 4.14. The summed E-state index contributed by atoms with van der Waals surface area (Å²) in [5, 5.41) is 0. The van der Waals surface area contributed by atoms with Gasteiger partial charge in [0.25, 0.3) is 0 Å². The van der Waals surface area contributed by atoms with Gasteiger partial charge in [-0.2, -0.15) is 8.75 Å². The van der Waals surface area contributed by atoms with E-state index in [0.717, 1.165) is 12.8 Å². The Morgan fingerprint density at radius 3 is 2.22 bits per heavy atom. The van der Waals surface area contributed by atoms with Crippen LogP contribution in [0.15, 0.2) is 12.2 Å². The zero-order chi connectivity index (χ0) is 6.10. The number of hydrogen-bond acceptors (Lipinski definition) is 3. The van der Waals surface area contributed by atoms with E-state index in [9.17, 15) is 0 Å². The lowest BCUT2D eigenvalue weighted by atomic mass is 10.1. The van der Waals surface area contributed by atoms with Gasteiger partial charge >= 0.3 is 0 Å². The molecule has 9 heavy (non-hydrogen) atoms. The van der Waals surface area contributed by atoms with Crippen LogP contribution in [0.2, 0.25) is 0 Å². The van der Waals surface area contributed by atoms with Gasteiger partial charge < -0.3 is 0 Å². The molecule has 1 aliphatic rings. The number of rotatable bonds is 0. The molecule has 1 aromatic rings. The molecule has 3 heteroatoms. The van der Waals surface area contributed by atoms with Crippen LogP contribution in [-0.2, 0) is 12.8 Å². The van der Waals surface area contributed by atoms with Crippen molar-refractivity contribution in [3.05, 3.63) is 23.5 Å². The summed E-state index contributed by atoms with van der Waals surface area (Å²) in [5.74, 6) is 0. The number of aromatic nitrogens is 2. The molecule has 1 heterocycles. The van der Waals surface area contributed by atoms with E-state index in [2.05, 4.69) is 20.9 Å². The SMILES string of the molecule is C1=CCc2nsnc2C1. The van der Waals surface area contributed by atoms with Gasteiger partial charge in [-0.25, -0.2) is 0 Å². The van der Waals surface area contributed by atoms with Crippen LogP contribution in [0.5, 0.6) is 0 Å². The zero-order valence-corrected chi connectivity index (χ0v) is 5.69. The van der Waals surface area contributed by atoms with Crippen molar-refractivity contribution < 1.29 is 0 Å².